The van der Waals surface area contributed by atoms with E-state index in [1.165, 1.54) is 0 Å². The molecular formula is C7H16O4. The van der Waals surface area contributed by atoms with E-state index in [1.807, 2.05) is 6.92 Å². The van der Waals surface area contributed by atoms with Gasteiger partial charge in [0.2, 0.25) is 0 Å². The van der Waals surface area contributed by atoms with E-state index in [2.05, 4.69) is 0 Å². The number of ether oxygens (including phenoxy) is 1. The normalized spacial score (nSPS) is 12.0. The van der Waals surface area contributed by atoms with Crippen LogP contribution in [0.1, 0.15) is 26.2 Å². The van der Waals surface area contributed by atoms with Crippen LogP contribution >= 0.6 is 0 Å². The minimum Gasteiger partial charge on any atom is -0.381 e. The molecule has 0 radical (unpaired) electrons. The van der Waals surface area contributed by atoms with Crippen LogP contribution in [0.15, 0.2) is 0 Å². The van der Waals surface area contributed by atoms with Crippen LogP contribution in [0.4, 0.5) is 0 Å². The highest BCUT2D eigenvalue weighted by Crippen LogP contribution is 2.00. The van der Waals surface area contributed by atoms with E-state index in [9.17, 15) is 0 Å². The zero-order valence-electron chi connectivity index (χ0n) is 6.79. The molecule has 0 spiro atoms. The number of hydrogen-bond acceptors (Lipinski definition) is 4. The van der Waals surface area contributed by atoms with E-state index < -0.39 is 5.97 Å². The Morgan fingerprint density at radius 2 is 1.82 bits per heavy atom. The van der Waals surface area contributed by atoms with Gasteiger partial charge in [-0.3, -0.25) is 0 Å². The topological polar surface area (TPSA) is 69.9 Å². The lowest BCUT2D eigenvalue weighted by Gasteiger charge is -2.13. The summed E-state index contributed by atoms with van der Waals surface area (Å²) in [7, 11) is 0. The van der Waals surface area contributed by atoms with Gasteiger partial charge in [-0.05, 0) is 6.42 Å². The molecule has 3 N–H and O–H groups in total. The number of rotatable bonds is 6. The van der Waals surface area contributed by atoms with E-state index in [-0.39, 0.29) is 13.0 Å². The van der Waals surface area contributed by atoms with Gasteiger partial charge >= 0.3 is 0 Å². The summed E-state index contributed by atoms with van der Waals surface area (Å²) in [5.74, 6) is -2.58. The largest absolute Gasteiger partial charge is 0.381 e. The van der Waals surface area contributed by atoms with Crippen molar-refractivity contribution in [3.05, 3.63) is 0 Å². The predicted octanol–water partition coefficient (Wildman–Crippen LogP) is -0.176. The fourth-order valence-corrected chi connectivity index (χ4v) is 0.558. The second-order valence-corrected chi connectivity index (χ2v) is 2.49. The molecule has 0 aromatic rings. The van der Waals surface area contributed by atoms with Crippen LogP contribution in [0.2, 0.25) is 0 Å². The van der Waals surface area contributed by atoms with Gasteiger partial charge in [-0.1, -0.05) is 13.3 Å². The third-order valence-corrected chi connectivity index (χ3v) is 1.22. The molecule has 0 saturated carbocycles. The Hall–Kier alpha value is -0.160. The third kappa shape index (κ3) is 9.84. The minimum absolute atomic E-state index is 0.170. The molecule has 11 heavy (non-hydrogen) atoms. The van der Waals surface area contributed by atoms with Crippen molar-refractivity contribution in [2.45, 2.75) is 32.2 Å². The Balaban J connectivity index is 3.02. The second kappa shape index (κ2) is 5.49. The molecule has 0 bridgehead atoms. The zero-order chi connectivity index (χ0) is 8.74. The Morgan fingerprint density at radius 3 is 2.27 bits per heavy atom. The molecule has 0 unspecified atom stereocenters. The summed E-state index contributed by atoms with van der Waals surface area (Å²) < 4.78 is 4.97. The van der Waals surface area contributed by atoms with Crippen molar-refractivity contribution in [2.24, 2.45) is 0 Å². The SMILES string of the molecule is CCCCOCCC(O)(O)O. The molecule has 0 aliphatic rings. The molecule has 0 aliphatic carbocycles. The fraction of sp³-hybridized carbons (Fsp3) is 1.00. The van der Waals surface area contributed by atoms with Crippen LogP contribution in [0, 0.1) is 0 Å². The van der Waals surface area contributed by atoms with Crippen molar-refractivity contribution in [1.82, 2.24) is 0 Å². The van der Waals surface area contributed by atoms with E-state index in [4.69, 9.17) is 20.1 Å². The summed E-state index contributed by atoms with van der Waals surface area (Å²) in [6.45, 7) is 2.81. The molecule has 0 heterocycles. The molecule has 0 fully saturated rings. The molecule has 4 nitrogen and oxygen atoms in total. The maximum Gasteiger partial charge on any atom is 0.277 e. The summed E-state index contributed by atoms with van der Waals surface area (Å²) in [5, 5.41) is 25.2. The molecule has 0 aromatic heterocycles. The van der Waals surface area contributed by atoms with Gasteiger partial charge in [-0.25, -0.2) is 0 Å². The molecule has 0 amide bonds. The minimum atomic E-state index is -2.58. The summed E-state index contributed by atoms with van der Waals surface area (Å²) in [6, 6.07) is 0. The van der Waals surface area contributed by atoms with Crippen LogP contribution in [0.3, 0.4) is 0 Å². The van der Waals surface area contributed by atoms with Gasteiger partial charge < -0.3 is 20.1 Å². The van der Waals surface area contributed by atoms with Crippen LogP contribution in [-0.4, -0.2) is 34.5 Å². The van der Waals surface area contributed by atoms with Crippen LogP contribution < -0.4 is 0 Å². The standard InChI is InChI=1S/C7H16O4/c1-2-3-5-11-6-4-7(8,9)10/h8-10H,2-6H2,1H3. The van der Waals surface area contributed by atoms with Crippen molar-refractivity contribution < 1.29 is 20.1 Å². The molecule has 0 rings (SSSR count). The predicted molar refractivity (Wildman–Crippen MR) is 39.7 cm³/mol. The van der Waals surface area contributed by atoms with Gasteiger partial charge in [-0.15, -0.1) is 0 Å². The number of unbranched alkanes of at least 4 members (excludes halogenated alkanes) is 1. The lowest BCUT2D eigenvalue weighted by atomic mass is 10.3. The molecule has 4 heteroatoms. The average Bonchev–Trinajstić information content (AvgIpc) is 1.85. The van der Waals surface area contributed by atoms with Gasteiger partial charge in [0.05, 0.1) is 13.0 Å². The first-order valence-corrected chi connectivity index (χ1v) is 3.81. The van der Waals surface area contributed by atoms with Crippen LogP contribution in [-0.2, 0) is 4.74 Å². The third-order valence-electron chi connectivity index (χ3n) is 1.22. The molecule has 0 aromatic carbocycles. The molecule has 68 valence electrons. The maximum atomic E-state index is 8.41. The highest BCUT2D eigenvalue weighted by molar-refractivity contribution is 4.45. The first kappa shape index (κ1) is 10.8. The summed E-state index contributed by atoms with van der Waals surface area (Å²) in [5.41, 5.74) is 0. The van der Waals surface area contributed by atoms with Gasteiger partial charge in [0.15, 0.2) is 0 Å². The van der Waals surface area contributed by atoms with Gasteiger partial charge in [-0.2, -0.15) is 0 Å². The monoisotopic (exact) mass is 164 g/mol. The van der Waals surface area contributed by atoms with Crippen molar-refractivity contribution in [3.8, 4) is 0 Å². The van der Waals surface area contributed by atoms with Crippen molar-refractivity contribution in [2.75, 3.05) is 13.2 Å². The van der Waals surface area contributed by atoms with E-state index in [1.54, 1.807) is 0 Å². The first-order chi connectivity index (χ1) is 5.06. The summed E-state index contributed by atoms with van der Waals surface area (Å²) in [4.78, 5) is 0. The van der Waals surface area contributed by atoms with Crippen molar-refractivity contribution in [3.63, 3.8) is 0 Å². The van der Waals surface area contributed by atoms with Crippen LogP contribution in [0.25, 0.3) is 0 Å². The van der Waals surface area contributed by atoms with E-state index in [0.29, 0.717) is 6.61 Å². The van der Waals surface area contributed by atoms with Gasteiger partial charge in [0, 0.05) is 6.61 Å². The summed E-state index contributed by atoms with van der Waals surface area (Å²) >= 11 is 0. The smallest absolute Gasteiger partial charge is 0.277 e. The van der Waals surface area contributed by atoms with Crippen molar-refractivity contribution in [1.29, 1.82) is 0 Å². The number of hydrogen-bond donors (Lipinski definition) is 3. The zero-order valence-corrected chi connectivity index (χ0v) is 6.79. The van der Waals surface area contributed by atoms with Gasteiger partial charge in [0.25, 0.3) is 5.97 Å². The Bertz CT molecular complexity index is 86.9. The van der Waals surface area contributed by atoms with E-state index >= 15 is 0 Å². The molecule has 0 atom stereocenters. The molecule has 0 aliphatic heterocycles. The average molecular weight is 164 g/mol. The van der Waals surface area contributed by atoms with Crippen molar-refractivity contribution >= 4 is 0 Å². The summed E-state index contributed by atoms with van der Waals surface area (Å²) in [6.07, 6.45) is 1.83. The quantitative estimate of drug-likeness (QED) is 0.376. The Morgan fingerprint density at radius 1 is 1.18 bits per heavy atom. The lowest BCUT2D eigenvalue weighted by Crippen LogP contribution is -2.28. The highest BCUT2D eigenvalue weighted by Gasteiger charge is 2.16. The fourth-order valence-electron chi connectivity index (χ4n) is 0.558. The lowest BCUT2D eigenvalue weighted by molar-refractivity contribution is -0.318. The maximum absolute atomic E-state index is 8.41. The Labute approximate surface area is 66.4 Å². The molecule has 0 saturated heterocycles. The molecular weight excluding hydrogens is 148 g/mol. The Kier molecular flexibility index (Phi) is 5.41. The number of aliphatic hydroxyl groups is 3. The van der Waals surface area contributed by atoms with Crippen LogP contribution in [0.5, 0.6) is 0 Å². The van der Waals surface area contributed by atoms with Gasteiger partial charge in [0.1, 0.15) is 0 Å². The second-order valence-electron chi connectivity index (χ2n) is 2.49. The first-order valence-electron chi connectivity index (χ1n) is 3.81. The van der Waals surface area contributed by atoms with E-state index in [0.717, 1.165) is 12.8 Å². The highest BCUT2D eigenvalue weighted by atomic mass is 16.7.